The van der Waals surface area contributed by atoms with Gasteiger partial charge in [0.1, 0.15) is 0 Å². The van der Waals surface area contributed by atoms with Crippen molar-refractivity contribution in [2.45, 2.75) is 18.2 Å². The highest BCUT2D eigenvalue weighted by Crippen LogP contribution is 2.28. The number of rotatable bonds is 4. The fraction of sp³-hybridized carbons (Fsp3) is 0.250. The van der Waals surface area contributed by atoms with E-state index in [1.54, 1.807) is 12.3 Å². The first-order valence-electron chi connectivity index (χ1n) is 4.49. The van der Waals surface area contributed by atoms with Crippen LogP contribution in [0.25, 0.3) is 0 Å². The van der Waals surface area contributed by atoms with Crippen LogP contribution >= 0.6 is 11.6 Å². The maximum Gasteiger partial charge on any atom is 0.0634 e. The highest BCUT2D eigenvalue weighted by atomic mass is 35.5. The Morgan fingerprint density at radius 2 is 2.29 bits per heavy atom. The molecule has 2 heteroatoms. The van der Waals surface area contributed by atoms with E-state index in [0.717, 1.165) is 11.3 Å². The van der Waals surface area contributed by atoms with Gasteiger partial charge in [0.2, 0.25) is 0 Å². The summed E-state index contributed by atoms with van der Waals surface area (Å²) in [6, 6.07) is 5.79. The number of hydrogen-bond acceptors (Lipinski definition) is 1. The minimum Gasteiger partial charge on any atom is -0.261 e. The van der Waals surface area contributed by atoms with E-state index in [4.69, 9.17) is 11.6 Å². The van der Waals surface area contributed by atoms with Crippen molar-refractivity contribution in [2.75, 3.05) is 0 Å². The Hall–Kier alpha value is -1.08. The van der Waals surface area contributed by atoms with E-state index in [2.05, 4.69) is 18.1 Å². The van der Waals surface area contributed by atoms with Gasteiger partial charge < -0.3 is 0 Å². The van der Waals surface area contributed by atoms with Crippen molar-refractivity contribution >= 4 is 11.6 Å². The number of pyridine rings is 1. The monoisotopic (exact) mass is 207 g/mol. The van der Waals surface area contributed by atoms with Gasteiger partial charge in [-0.05, 0) is 19.1 Å². The molecule has 1 aromatic rings. The second kappa shape index (κ2) is 4.97. The van der Waals surface area contributed by atoms with Gasteiger partial charge in [-0.15, -0.1) is 18.2 Å². The SMILES string of the molecule is C=CC(Cl)C(C(=C)C)c1ccccn1. The lowest BCUT2D eigenvalue weighted by Gasteiger charge is -2.19. The summed E-state index contributed by atoms with van der Waals surface area (Å²) < 4.78 is 0. The van der Waals surface area contributed by atoms with E-state index in [-0.39, 0.29) is 11.3 Å². The van der Waals surface area contributed by atoms with Crippen molar-refractivity contribution in [3.05, 3.63) is 54.9 Å². The van der Waals surface area contributed by atoms with E-state index >= 15 is 0 Å². The van der Waals surface area contributed by atoms with Gasteiger partial charge in [0.25, 0.3) is 0 Å². The maximum absolute atomic E-state index is 6.14. The molecule has 0 fully saturated rings. The van der Waals surface area contributed by atoms with E-state index in [1.807, 2.05) is 25.1 Å². The Kier molecular flexibility index (Phi) is 3.90. The number of nitrogens with zero attached hydrogens (tertiary/aromatic N) is 1. The summed E-state index contributed by atoms with van der Waals surface area (Å²) in [5.41, 5.74) is 1.95. The molecule has 0 amide bonds. The topological polar surface area (TPSA) is 12.9 Å². The van der Waals surface area contributed by atoms with Gasteiger partial charge in [0, 0.05) is 17.8 Å². The Labute approximate surface area is 90.1 Å². The molecule has 14 heavy (non-hydrogen) atoms. The smallest absolute Gasteiger partial charge is 0.0634 e. The van der Waals surface area contributed by atoms with Crippen LogP contribution in [0.2, 0.25) is 0 Å². The molecule has 2 unspecified atom stereocenters. The molecule has 1 heterocycles. The standard InChI is InChI=1S/C12H14ClN/c1-4-10(13)12(9(2)3)11-7-5-6-8-14-11/h4-8,10,12H,1-2H2,3H3. The van der Waals surface area contributed by atoms with Gasteiger partial charge in [-0.25, -0.2) is 0 Å². The first-order chi connectivity index (χ1) is 6.66. The van der Waals surface area contributed by atoms with E-state index in [0.29, 0.717) is 0 Å². The molecule has 0 N–H and O–H groups in total. The van der Waals surface area contributed by atoms with Crippen LogP contribution in [0.5, 0.6) is 0 Å². The van der Waals surface area contributed by atoms with Crippen molar-refractivity contribution in [2.24, 2.45) is 0 Å². The number of alkyl halides is 1. The highest BCUT2D eigenvalue weighted by molar-refractivity contribution is 6.22. The normalized spacial score (nSPS) is 14.4. The Balaban J connectivity index is 3.00. The van der Waals surface area contributed by atoms with Gasteiger partial charge in [-0.3, -0.25) is 4.98 Å². The zero-order valence-electron chi connectivity index (χ0n) is 8.28. The highest BCUT2D eigenvalue weighted by Gasteiger charge is 2.20. The zero-order valence-corrected chi connectivity index (χ0v) is 9.04. The predicted octanol–water partition coefficient (Wildman–Crippen LogP) is 3.53. The molecular weight excluding hydrogens is 194 g/mol. The molecular formula is C12H14ClN. The van der Waals surface area contributed by atoms with E-state index < -0.39 is 0 Å². The first-order valence-corrected chi connectivity index (χ1v) is 4.93. The molecule has 0 bridgehead atoms. The van der Waals surface area contributed by atoms with Crippen LogP contribution < -0.4 is 0 Å². The molecule has 0 aliphatic heterocycles. The second-order valence-electron chi connectivity index (χ2n) is 3.26. The Morgan fingerprint density at radius 3 is 2.71 bits per heavy atom. The number of allylic oxidation sites excluding steroid dienone is 2. The largest absolute Gasteiger partial charge is 0.261 e. The Bertz CT molecular complexity index is 318. The quantitative estimate of drug-likeness (QED) is 0.544. The molecule has 2 atom stereocenters. The third kappa shape index (κ3) is 2.46. The fourth-order valence-electron chi connectivity index (χ4n) is 1.38. The first kappa shape index (κ1) is 11.0. The average molecular weight is 208 g/mol. The third-order valence-electron chi connectivity index (χ3n) is 2.08. The van der Waals surface area contributed by atoms with Crippen molar-refractivity contribution < 1.29 is 0 Å². The van der Waals surface area contributed by atoms with Crippen LogP contribution in [0.4, 0.5) is 0 Å². The Morgan fingerprint density at radius 1 is 1.57 bits per heavy atom. The molecule has 74 valence electrons. The number of halogens is 1. The number of hydrogen-bond donors (Lipinski definition) is 0. The lowest BCUT2D eigenvalue weighted by Crippen LogP contribution is -2.12. The van der Waals surface area contributed by atoms with Crippen LogP contribution in [0.1, 0.15) is 18.5 Å². The van der Waals surface area contributed by atoms with Gasteiger partial charge in [0.15, 0.2) is 0 Å². The third-order valence-corrected chi connectivity index (χ3v) is 2.51. The van der Waals surface area contributed by atoms with Crippen LogP contribution in [-0.4, -0.2) is 10.4 Å². The van der Waals surface area contributed by atoms with Crippen LogP contribution in [0.3, 0.4) is 0 Å². The van der Waals surface area contributed by atoms with Crippen LogP contribution in [0, 0.1) is 0 Å². The summed E-state index contributed by atoms with van der Waals surface area (Å²) in [6.07, 6.45) is 3.48. The van der Waals surface area contributed by atoms with Gasteiger partial charge >= 0.3 is 0 Å². The van der Waals surface area contributed by atoms with Crippen LogP contribution in [-0.2, 0) is 0 Å². The summed E-state index contributed by atoms with van der Waals surface area (Å²) in [5.74, 6) is 0.0513. The van der Waals surface area contributed by atoms with Crippen molar-refractivity contribution in [3.8, 4) is 0 Å². The van der Waals surface area contributed by atoms with E-state index in [9.17, 15) is 0 Å². The predicted molar refractivity (Wildman–Crippen MR) is 61.6 cm³/mol. The average Bonchev–Trinajstić information content (AvgIpc) is 2.19. The van der Waals surface area contributed by atoms with Crippen molar-refractivity contribution in [3.63, 3.8) is 0 Å². The van der Waals surface area contributed by atoms with Crippen molar-refractivity contribution in [1.82, 2.24) is 4.98 Å². The molecule has 0 spiro atoms. The molecule has 0 saturated carbocycles. The van der Waals surface area contributed by atoms with E-state index in [1.165, 1.54) is 0 Å². The summed E-state index contributed by atoms with van der Waals surface area (Å²) in [7, 11) is 0. The van der Waals surface area contributed by atoms with Crippen LogP contribution in [0.15, 0.2) is 49.2 Å². The molecule has 0 aliphatic carbocycles. The minimum atomic E-state index is -0.151. The molecule has 1 rings (SSSR count). The molecule has 1 nitrogen and oxygen atoms in total. The molecule has 0 aliphatic rings. The van der Waals surface area contributed by atoms with Gasteiger partial charge in [0.05, 0.1) is 5.38 Å². The second-order valence-corrected chi connectivity index (χ2v) is 3.76. The molecule has 0 aromatic carbocycles. The summed E-state index contributed by atoms with van der Waals surface area (Å²) >= 11 is 6.14. The minimum absolute atomic E-state index is 0.0513. The fourth-order valence-corrected chi connectivity index (χ4v) is 1.73. The van der Waals surface area contributed by atoms with Crippen molar-refractivity contribution in [1.29, 1.82) is 0 Å². The number of aromatic nitrogens is 1. The summed E-state index contributed by atoms with van der Waals surface area (Å²) in [5, 5.41) is -0.151. The van der Waals surface area contributed by atoms with Gasteiger partial charge in [-0.1, -0.05) is 24.3 Å². The lowest BCUT2D eigenvalue weighted by molar-refractivity contribution is 0.786. The molecule has 0 radical (unpaired) electrons. The van der Waals surface area contributed by atoms with Gasteiger partial charge in [-0.2, -0.15) is 0 Å². The zero-order chi connectivity index (χ0) is 10.6. The summed E-state index contributed by atoms with van der Waals surface area (Å²) in [6.45, 7) is 9.57. The maximum atomic E-state index is 6.14. The lowest BCUT2D eigenvalue weighted by atomic mass is 9.93. The molecule has 1 aromatic heterocycles. The molecule has 0 saturated heterocycles. The summed E-state index contributed by atoms with van der Waals surface area (Å²) in [4.78, 5) is 4.28.